The monoisotopic (exact) mass is 479 g/mol. The minimum absolute atomic E-state index is 0.0221. The highest BCUT2D eigenvalue weighted by Gasteiger charge is 2.34. The number of rotatable bonds is 6. The predicted molar refractivity (Wildman–Crippen MR) is 127 cm³/mol. The Labute approximate surface area is 200 Å². The fourth-order valence-electron chi connectivity index (χ4n) is 4.85. The summed E-state index contributed by atoms with van der Waals surface area (Å²) >= 11 is 0. The Balaban J connectivity index is 1.47. The molecule has 11 heteroatoms. The van der Waals surface area contributed by atoms with Crippen LogP contribution in [0.25, 0.3) is 27.9 Å². The number of pyridine rings is 1. The van der Waals surface area contributed by atoms with E-state index in [4.69, 9.17) is 14.5 Å². The van der Waals surface area contributed by atoms with E-state index in [0.29, 0.717) is 48.8 Å². The Bertz CT molecular complexity index is 1420. The second-order valence-electron chi connectivity index (χ2n) is 8.95. The highest BCUT2D eigenvalue weighted by Crippen LogP contribution is 2.35. The first-order valence-corrected chi connectivity index (χ1v) is 11.7. The molecule has 4 atom stereocenters. The highest BCUT2D eigenvalue weighted by atomic mass is 19.1. The Morgan fingerprint density at radius 3 is 2.91 bits per heavy atom. The lowest BCUT2D eigenvalue weighted by Crippen LogP contribution is -2.48. The zero-order chi connectivity index (χ0) is 24.1. The van der Waals surface area contributed by atoms with E-state index in [1.807, 2.05) is 24.4 Å². The molecule has 0 radical (unpaired) electrons. The molecule has 1 aliphatic carbocycles. The van der Waals surface area contributed by atoms with Gasteiger partial charge in [-0.1, -0.05) is 0 Å². The van der Waals surface area contributed by atoms with E-state index < -0.39 is 12.2 Å². The van der Waals surface area contributed by atoms with Gasteiger partial charge in [-0.3, -0.25) is 4.79 Å². The smallest absolute Gasteiger partial charge is 0.257 e. The number of aromatic nitrogens is 5. The summed E-state index contributed by atoms with van der Waals surface area (Å²) in [4.78, 5) is 22.4. The minimum atomic E-state index is -1.01. The molecule has 4 aromatic heterocycles. The van der Waals surface area contributed by atoms with Crippen LogP contribution < -0.4 is 10.6 Å². The van der Waals surface area contributed by atoms with Crippen molar-refractivity contribution < 1.29 is 18.7 Å². The fraction of sp³-hybridized carbons (Fsp3) is 0.417. The molecule has 35 heavy (non-hydrogen) atoms. The van der Waals surface area contributed by atoms with E-state index in [9.17, 15) is 9.18 Å². The Hall–Kier alpha value is -3.57. The predicted octanol–water partition coefficient (Wildman–Crippen LogP) is 2.60. The molecule has 0 unspecified atom stereocenters. The number of fused-ring (bicyclic) bond motifs is 2. The van der Waals surface area contributed by atoms with Crippen LogP contribution in [0.15, 0.2) is 36.8 Å². The number of anilines is 1. The quantitative estimate of drug-likeness (QED) is 0.438. The molecule has 10 nitrogen and oxygen atoms in total. The third-order valence-corrected chi connectivity index (χ3v) is 7.00. The third kappa shape index (κ3) is 3.53. The Morgan fingerprint density at radius 1 is 1.29 bits per heavy atom. The molecule has 1 aliphatic heterocycles. The van der Waals surface area contributed by atoms with Gasteiger partial charge in [0.15, 0.2) is 5.65 Å². The number of amides is 1. The van der Waals surface area contributed by atoms with Gasteiger partial charge < -0.3 is 24.7 Å². The first-order valence-electron chi connectivity index (χ1n) is 11.7. The number of carbonyl (C=O) groups is 1. The van der Waals surface area contributed by atoms with E-state index in [1.54, 1.807) is 24.9 Å². The van der Waals surface area contributed by atoms with Crippen molar-refractivity contribution in [1.82, 2.24) is 29.5 Å². The summed E-state index contributed by atoms with van der Waals surface area (Å²) in [6.07, 6.45) is 5.25. The molecule has 2 aliphatic rings. The number of nitrogens with one attached hydrogen (secondary N) is 2. The van der Waals surface area contributed by atoms with Crippen molar-refractivity contribution in [3.63, 3.8) is 0 Å². The third-order valence-electron chi connectivity index (χ3n) is 7.00. The van der Waals surface area contributed by atoms with E-state index in [2.05, 4.69) is 25.3 Å². The van der Waals surface area contributed by atoms with Crippen LogP contribution >= 0.6 is 0 Å². The molecular weight excluding hydrogens is 453 g/mol. The maximum Gasteiger partial charge on any atom is 0.257 e. The van der Waals surface area contributed by atoms with Crippen LogP contribution in [0.2, 0.25) is 0 Å². The number of alkyl halides is 1. The molecule has 182 valence electrons. The second-order valence-corrected chi connectivity index (χ2v) is 8.95. The van der Waals surface area contributed by atoms with E-state index in [1.165, 1.54) is 6.20 Å². The van der Waals surface area contributed by atoms with Gasteiger partial charge in [-0.05, 0) is 25.0 Å². The number of nitrogens with zero attached hydrogens (tertiary/aromatic N) is 5. The van der Waals surface area contributed by atoms with Crippen LogP contribution in [0, 0.1) is 0 Å². The molecular formula is C24H26FN7O3. The maximum atomic E-state index is 13.7. The SMILES string of the molecule is CNc1cc(-c2cn([C@H]3COC[C@@H]3OC)c3ncccc23)nc2c(C(=O)N[C@@H]3CC[C@H]3F)cnn12. The number of ether oxygens (including phenoxy) is 2. The van der Waals surface area contributed by atoms with E-state index >= 15 is 0 Å². The van der Waals surface area contributed by atoms with Gasteiger partial charge in [-0.2, -0.15) is 9.61 Å². The molecule has 0 spiro atoms. The van der Waals surface area contributed by atoms with Gasteiger partial charge in [-0.15, -0.1) is 0 Å². The lowest BCUT2D eigenvalue weighted by Gasteiger charge is -2.30. The summed E-state index contributed by atoms with van der Waals surface area (Å²) in [5, 5.41) is 11.2. The summed E-state index contributed by atoms with van der Waals surface area (Å²) in [7, 11) is 3.47. The molecule has 4 aromatic rings. The number of carbonyl (C=O) groups excluding carboxylic acids is 1. The van der Waals surface area contributed by atoms with Crippen molar-refractivity contribution in [2.45, 2.75) is 37.2 Å². The van der Waals surface area contributed by atoms with Gasteiger partial charge in [0, 0.05) is 43.6 Å². The number of methoxy groups -OCH3 is 1. The molecule has 2 fully saturated rings. The lowest BCUT2D eigenvalue weighted by atomic mass is 9.90. The fourth-order valence-corrected chi connectivity index (χ4v) is 4.85. The zero-order valence-corrected chi connectivity index (χ0v) is 19.4. The average molecular weight is 480 g/mol. The second kappa shape index (κ2) is 8.58. The zero-order valence-electron chi connectivity index (χ0n) is 19.4. The normalized spacial score (nSPS) is 24.1. The van der Waals surface area contributed by atoms with Crippen LogP contribution in [-0.2, 0) is 9.47 Å². The van der Waals surface area contributed by atoms with Crippen LogP contribution in [-0.4, -0.2) is 75.7 Å². The topological polar surface area (TPSA) is 108 Å². The minimum Gasteiger partial charge on any atom is -0.377 e. The van der Waals surface area contributed by atoms with E-state index in [0.717, 1.165) is 16.6 Å². The van der Waals surface area contributed by atoms with Crippen molar-refractivity contribution in [2.24, 2.45) is 0 Å². The van der Waals surface area contributed by atoms with Crippen LogP contribution in [0.5, 0.6) is 0 Å². The van der Waals surface area contributed by atoms with Crippen LogP contribution in [0.1, 0.15) is 29.2 Å². The molecule has 6 rings (SSSR count). The van der Waals surface area contributed by atoms with Gasteiger partial charge in [-0.25, -0.2) is 14.4 Å². The van der Waals surface area contributed by atoms with Gasteiger partial charge in [0.25, 0.3) is 5.91 Å². The van der Waals surface area contributed by atoms with Gasteiger partial charge in [0.2, 0.25) is 0 Å². The summed E-state index contributed by atoms with van der Waals surface area (Å²) in [5.41, 5.74) is 3.02. The molecule has 0 aromatic carbocycles. The molecule has 1 saturated carbocycles. The van der Waals surface area contributed by atoms with Crippen molar-refractivity contribution in [3.05, 3.63) is 42.4 Å². The first kappa shape index (κ1) is 21.9. The van der Waals surface area contributed by atoms with Crippen molar-refractivity contribution in [2.75, 3.05) is 32.7 Å². The van der Waals surface area contributed by atoms with Crippen molar-refractivity contribution >= 4 is 28.4 Å². The lowest BCUT2D eigenvalue weighted by molar-refractivity contribution is 0.0692. The first-order chi connectivity index (χ1) is 17.1. The summed E-state index contributed by atoms with van der Waals surface area (Å²) in [5.74, 6) is 0.286. The molecule has 1 saturated heterocycles. The highest BCUT2D eigenvalue weighted by molar-refractivity contribution is 6.01. The Kier molecular flexibility index (Phi) is 5.37. The van der Waals surface area contributed by atoms with Crippen LogP contribution in [0.4, 0.5) is 10.2 Å². The molecule has 2 N–H and O–H groups in total. The van der Waals surface area contributed by atoms with Crippen molar-refractivity contribution in [3.8, 4) is 11.3 Å². The largest absolute Gasteiger partial charge is 0.377 e. The van der Waals surface area contributed by atoms with Crippen molar-refractivity contribution in [1.29, 1.82) is 0 Å². The molecule has 0 bridgehead atoms. The summed E-state index contributed by atoms with van der Waals surface area (Å²) < 4.78 is 28.7. The average Bonchev–Trinajstić information content (AvgIpc) is 3.61. The summed E-state index contributed by atoms with van der Waals surface area (Å²) in [6, 6.07) is 5.28. The molecule has 5 heterocycles. The number of halogens is 1. The Morgan fingerprint density at radius 2 is 2.17 bits per heavy atom. The van der Waals surface area contributed by atoms with E-state index in [-0.39, 0.29) is 18.1 Å². The number of hydrogen-bond acceptors (Lipinski definition) is 7. The van der Waals surface area contributed by atoms with Gasteiger partial charge in [0.1, 0.15) is 29.3 Å². The van der Waals surface area contributed by atoms with Gasteiger partial charge >= 0.3 is 0 Å². The van der Waals surface area contributed by atoms with Crippen LogP contribution in [0.3, 0.4) is 0 Å². The standard InChI is InChI=1S/C24H26FN7O3/c1-26-21-8-18(29-23-14(9-28-32(21)23)24(33)30-17-6-5-16(17)25)15-10-31(19-11-35-12-20(19)34-2)22-13(15)4-3-7-27-22/h3-4,7-10,16-17,19-20,26H,5-6,11-12H2,1-2H3,(H,30,33)/t16-,17-,19+,20+/m1/s1. The maximum absolute atomic E-state index is 13.7. The van der Waals surface area contributed by atoms with Gasteiger partial charge in [0.05, 0.1) is 37.2 Å². The number of hydrogen-bond donors (Lipinski definition) is 2. The molecule has 1 amide bonds. The summed E-state index contributed by atoms with van der Waals surface area (Å²) in [6.45, 7) is 1.04.